The summed E-state index contributed by atoms with van der Waals surface area (Å²) in [5.41, 5.74) is 2.82. The maximum Gasteiger partial charge on any atom is 0.256 e. The molecule has 3 rings (SSSR count). The number of halogens is 1. The second-order valence-electron chi connectivity index (χ2n) is 5.12. The van der Waals surface area contributed by atoms with Crippen LogP contribution in [0, 0.1) is 0 Å². The SMILES string of the molecule is COc1cc(OC)c(C=C2C(=O)Nc3c(Br)cccc32)c(OC)c1. The Balaban J connectivity index is 2.19. The van der Waals surface area contributed by atoms with Gasteiger partial charge in [-0.15, -0.1) is 0 Å². The van der Waals surface area contributed by atoms with Crippen molar-refractivity contribution in [3.63, 3.8) is 0 Å². The van der Waals surface area contributed by atoms with Gasteiger partial charge in [0.25, 0.3) is 5.91 Å². The summed E-state index contributed by atoms with van der Waals surface area (Å²) in [5.74, 6) is 1.58. The predicted octanol–water partition coefficient (Wildman–Crippen LogP) is 3.97. The van der Waals surface area contributed by atoms with E-state index in [9.17, 15) is 4.79 Å². The monoisotopic (exact) mass is 389 g/mol. The zero-order valence-corrected chi connectivity index (χ0v) is 15.1. The Labute approximate surface area is 148 Å². The molecule has 2 aromatic rings. The molecule has 124 valence electrons. The number of benzene rings is 2. The lowest BCUT2D eigenvalue weighted by atomic mass is 10.0. The number of anilines is 1. The Morgan fingerprint density at radius 1 is 1.04 bits per heavy atom. The summed E-state index contributed by atoms with van der Waals surface area (Å²) in [4.78, 5) is 12.4. The molecule has 0 unspecified atom stereocenters. The molecule has 24 heavy (non-hydrogen) atoms. The Bertz CT molecular complexity index is 820. The molecule has 0 fully saturated rings. The number of para-hydroxylation sites is 1. The zero-order chi connectivity index (χ0) is 17.3. The van der Waals surface area contributed by atoms with Crippen LogP contribution in [-0.4, -0.2) is 27.2 Å². The van der Waals surface area contributed by atoms with Crippen LogP contribution in [0.15, 0.2) is 34.8 Å². The lowest BCUT2D eigenvalue weighted by molar-refractivity contribution is -0.110. The maximum atomic E-state index is 12.4. The van der Waals surface area contributed by atoms with Crippen molar-refractivity contribution in [1.82, 2.24) is 0 Å². The molecule has 0 saturated heterocycles. The Hall–Kier alpha value is -2.47. The highest BCUT2D eigenvalue weighted by Crippen LogP contribution is 2.41. The fourth-order valence-electron chi connectivity index (χ4n) is 2.64. The first-order valence-electron chi connectivity index (χ1n) is 7.21. The van der Waals surface area contributed by atoms with Crippen molar-refractivity contribution in [3.05, 3.63) is 45.9 Å². The van der Waals surface area contributed by atoms with E-state index in [2.05, 4.69) is 21.2 Å². The molecule has 0 saturated carbocycles. The number of hydrogen-bond donors (Lipinski definition) is 1. The highest BCUT2D eigenvalue weighted by molar-refractivity contribution is 9.10. The largest absolute Gasteiger partial charge is 0.496 e. The van der Waals surface area contributed by atoms with Crippen LogP contribution in [0.5, 0.6) is 17.2 Å². The van der Waals surface area contributed by atoms with Crippen LogP contribution in [0.4, 0.5) is 5.69 Å². The van der Waals surface area contributed by atoms with Gasteiger partial charge in [0.05, 0.1) is 32.6 Å². The predicted molar refractivity (Wildman–Crippen MR) is 96.7 cm³/mol. The molecular formula is C18H16BrNO4. The van der Waals surface area contributed by atoms with Gasteiger partial charge in [-0.3, -0.25) is 4.79 Å². The van der Waals surface area contributed by atoms with Gasteiger partial charge in [0.1, 0.15) is 17.2 Å². The molecule has 1 amide bonds. The van der Waals surface area contributed by atoms with Crippen LogP contribution in [0.3, 0.4) is 0 Å². The standard InChI is InChI=1S/C18H16BrNO4/c1-22-10-7-15(23-2)13(16(8-10)24-3)9-12-11-5-4-6-14(19)17(11)20-18(12)21/h4-9H,1-3H3,(H,20,21). The number of ether oxygens (including phenoxy) is 3. The molecule has 0 aliphatic carbocycles. The van der Waals surface area contributed by atoms with E-state index < -0.39 is 0 Å². The van der Waals surface area contributed by atoms with Crippen LogP contribution in [-0.2, 0) is 4.79 Å². The molecule has 0 aromatic heterocycles. The first-order valence-corrected chi connectivity index (χ1v) is 8.00. The Morgan fingerprint density at radius 2 is 1.71 bits per heavy atom. The molecule has 1 aliphatic rings. The Kier molecular flexibility index (Phi) is 4.49. The number of fused-ring (bicyclic) bond motifs is 1. The molecule has 0 atom stereocenters. The molecule has 2 aromatic carbocycles. The van der Waals surface area contributed by atoms with Crippen molar-refractivity contribution in [2.75, 3.05) is 26.6 Å². The molecule has 0 bridgehead atoms. The molecule has 5 nitrogen and oxygen atoms in total. The van der Waals surface area contributed by atoms with Crippen LogP contribution in [0.1, 0.15) is 11.1 Å². The zero-order valence-electron chi connectivity index (χ0n) is 13.5. The number of carbonyl (C=O) groups is 1. The lowest BCUT2D eigenvalue weighted by Gasteiger charge is -2.13. The van der Waals surface area contributed by atoms with Gasteiger partial charge in [-0.25, -0.2) is 0 Å². The van der Waals surface area contributed by atoms with Gasteiger partial charge < -0.3 is 19.5 Å². The van der Waals surface area contributed by atoms with Gasteiger partial charge in [0.2, 0.25) is 0 Å². The van der Waals surface area contributed by atoms with E-state index in [0.29, 0.717) is 28.4 Å². The Morgan fingerprint density at radius 3 is 2.29 bits per heavy atom. The first kappa shape index (κ1) is 16.4. The third-order valence-electron chi connectivity index (χ3n) is 3.83. The van der Waals surface area contributed by atoms with E-state index in [1.807, 2.05) is 18.2 Å². The maximum absolute atomic E-state index is 12.4. The van der Waals surface area contributed by atoms with Gasteiger partial charge in [-0.2, -0.15) is 0 Å². The van der Waals surface area contributed by atoms with E-state index in [-0.39, 0.29) is 5.91 Å². The van der Waals surface area contributed by atoms with Crippen molar-refractivity contribution in [3.8, 4) is 17.2 Å². The normalized spacial score (nSPS) is 14.3. The average molecular weight is 390 g/mol. The molecule has 0 radical (unpaired) electrons. The van der Waals surface area contributed by atoms with Crippen LogP contribution < -0.4 is 19.5 Å². The number of methoxy groups -OCH3 is 3. The molecule has 1 heterocycles. The molecule has 1 N–H and O–H groups in total. The summed E-state index contributed by atoms with van der Waals surface area (Å²) in [6.07, 6.45) is 1.77. The third-order valence-corrected chi connectivity index (χ3v) is 4.49. The van der Waals surface area contributed by atoms with E-state index >= 15 is 0 Å². The van der Waals surface area contributed by atoms with Gasteiger partial charge in [-0.05, 0) is 28.1 Å². The third kappa shape index (κ3) is 2.73. The van der Waals surface area contributed by atoms with Gasteiger partial charge in [0.15, 0.2) is 0 Å². The van der Waals surface area contributed by atoms with Crippen molar-refractivity contribution in [1.29, 1.82) is 0 Å². The number of amides is 1. The van der Waals surface area contributed by atoms with Crippen LogP contribution >= 0.6 is 15.9 Å². The van der Waals surface area contributed by atoms with E-state index in [4.69, 9.17) is 14.2 Å². The van der Waals surface area contributed by atoms with Crippen molar-refractivity contribution in [2.24, 2.45) is 0 Å². The van der Waals surface area contributed by atoms with Gasteiger partial charge in [-0.1, -0.05) is 12.1 Å². The minimum atomic E-state index is -0.170. The van der Waals surface area contributed by atoms with Crippen molar-refractivity contribution in [2.45, 2.75) is 0 Å². The summed E-state index contributed by atoms with van der Waals surface area (Å²) in [6.45, 7) is 0. The second kappa shape index (κ2) is 6.57. The minimum Gasteiger partial charge on any atom is -0.496 e. The topological polar surface area (TPSA) is 56.8 Å². The fraction of sp³-hybridized carbons (Fsp3) is 0.167. The van der Waals surface area contributed by atoms with Gasteiger partial charge in [0, 0.05) is 27.7 Å². The smallest absolute Gasteiger partial charge is 0.256 e. The molecule has 0 spiro atoms. The summed E-state index contributed by atoms with van der Waals surface area (Å²) >= 11 is 3.45. The van der Waals surface area contributed by atoms with E-state index in [1.54, 1.807) is 39.5 Å². The number of rotatable bonds is 4. The highest BCUT2D eigenvalue weighted by atomic mass is 79.9. The molecule has 1 aliphatic heterocycles. The van der Waals surface area contributed by atoms with Crippen molar-refractivity contribution >= 4 is 39.2 Å². The highest BCUT2D eigenvalue weighted by Gasteiger charge is 2.26. The number of hydrogen-bond acceptors (Lipinski definition) is 4. The summed E-state index contributed by atoms with van der Waals surface area (Å²) < 4.78 is 17.0. The summed E-state index contributed by atoms with van der Waals surface area (Å²) in [6, 6.07) is 9.18. The molecular weight excluding hydrogens is 374 g/mol. The van der Waals surface area contributed by atoms with E-state index in [0.717, 1.165) is 15.7 Å². The number of nitrogens with one attached hydrogen (secondary N) is 1. The average Bonchev–Trinajstić information content (AvgIpc) is 2.92. The van der Waals surface area contributed by atoms with Crippen LogP contribution in [0.2, 0.25) is 0 Å². The van der Waals surface area contributed by atoms with Gasteiger partial charge >= 0.3 is 0 Å². The first-order chi connectivity index (χ1) is 11.6. The summed E-state index contributed by atoms with van der Waals surface area (Å²) in [7, 11) is 4.70. The van der Waals surface area contributed by atoms with Crippen molar-refractivity contribution < 1.29 is 19.0 Å². The lowest BCUT2D eigenvalue weighted by Crippen LogP contribution is -2.04. The fourth-order valence-corrected chi connectivity index (χ4v) is 3.11. The quantitative estimate of drug-likeness (QED) is 0.803. The number of carbonyl (C=O) groups excluding carboxylic acids is 1. The second-order valence-corrected chi connectivity index (χ2v) is 5.97. The summed E-state index contributed by atoms with van der Waals surface area (Å²) in [5, 5.41) is 2.87. The minimum absolute atomic E-state index is 0.170. The van der Waals surface area contributed by atoms with Crippen LogP contribution in [0.25, 0.3) is 11.6 Å². The molecule has 6 heteroatoms. The van der Waals surface area contributed by atoms with E-state index in [1.165, 1.54) is 0 Å².